The molecule has 0 fully saturated rings. The third-order valence-corrected chi connectivity index (χ3v) is 2.68. The molecule has 0 aliphatic heterocycles. The molecule has 0 aliphatic rings. The first-order valence-corrected chi connectivity index (χ1v) is 6.35. The maximum atomic E-state index is 10.8. The lowest BCUT2D eigenvalue weighted by Gasteiger charge is -2.04. The summed E-state index contributed by atoms with van der Waals surface area (Å²) in [5.41, 5.74) is 0. The summed E-state index contributed by atoms with van der Waals surface area (Å²) in [5, 5.41) is 0. The minimum atomic E-state index is -4.23. The lowest BCUT2D eigenvalue weighted by atomic mass is 10.4. The van der Waals surface area contributed by atoms with E-state index < -0.39 is 7.75 Å². The van der Waals surface area contributed by atoms with Crippen molar-refractivity contribution in [2.24, 2.45) is 4.99 Å². The Bertz CT molecular complexity index is 292. The van der Waals surface area contributed by atoms with Gasteiger partial charge in [-0.15, -0.1) is 4.35 Å². The van der Waals surface area contributed by atoms with Gasteiger partial charge in [0, 0.05) is 13.0 Å². The Morgan fingerprint density at radius 2 is 2.07 bits per heavy atom. The van der Waals surface area contributed by atoms with E-state index in [0.29, 0.717) is 6.54 Å². The fourth-order valence-electron chi connectivity index (χ4n) is 0.911. The largest absolute Gasteiger partial charge is 0.525 e. The highest BCUT2D eigenvalue weighted by Gasteiger charge is 2.23. The number of nitrogens with zero attached hydrogens (tertiary/aromatic N) is 3. The predicted molar refractivity (Wildman–Crippen MR) is 58.3 cm³/mol. The molecular weight excluding hydrogens is 217 g/mol. The van der Waals surface area contributed by atoms with Crippen LogP contribution in [0.3, 0.4) is 0 Å². The highest BCUT2D eigenvalue weighted by atomic mass is 31.2. The zero-order valence-electron chi connectivity index (χ0n) is 9.42. The molecule has 0 aromatic heterocycles. The van der Waals surface area contributed by atoms with Crippen LogP contribution >= 0.6 is 7.75 Å². The van der Waals surface area contributed by atoms with Crippen molar-refractivity contribution >= 4 is 13.8 Å². The molecular formula is C8H19N3O3P+. The molecule has 0 aromatic carbocycles. The van der Waals surface area contributed by atoms with Crippen LogP contribution in [-0.2, 0) is 4.57 Å². The third kappa shape index (κ3) is 7.42. The topological polar surface area (TPSA) is 76.1 Å². The Kier molecular flexibility index (Phi) is 6.65. The molecule has 88 valence electrons. The Morgan fingerprint density at radius 1 is 1.47 bits per heavy atom. The molecule has 0 spiro atoms. The molecule has 2 N–H and O–H groups in total. The van der Waals surface area contributed by atoms with Gasteiger partial charge in [0.15, 0.2) is 0 Å². The maximum Gasteiger partial charge on any atom is 0.525 e. The van der Waals surface area contributed by atoms with Crippen LogP contribution in [-0.4, -0.2) is 58.8 Å². The zero-order valence-corrected chi connectivity index (χ0v) is 10.3. The molecule has 0 radical (unpaired) electrons. The summed E-state index contributed by atoms with van der Waals surface area (Å²) in [6.07, 6.45) is 0.846. The first-order chi connectivity index (χ1) is 6.88. The minimum Gasteiger partial charge on any atom is -0.309 e. The van der Waals surface area contributed by atoms with E-state index in [1.165, 1.54) is 0 Å². The number of rotatable bonds is 6. The van der Waals surface area contributed by atoms with Gasteiger partial charge in [-0.25, -0.2) is 4.57 Å². The van der Waals surface area contributed by atoms with E-state index in [9.17, 15) is 4.57 Å². The molecule has 0 atom stereocenters. The molecule has 15 heavy (non-hydrogen) atoms. The van der Waals surface area contributed by atoms with Gasteiger partial charge in [0.2, 0.25) is 0 Å². The Hall–Kier alpha value is -0.510. The second-order valence-corrected chi connectivity index (χ2v) is 4.88. The van der Waals surface area contributed by atoms with E-state index in [4.69, 9.17) is 9.79 Å². The van der Waals surface area contributed by atoms with Crippen LogP contribution in [0.5, 0.6) is 0 Å². The quantitative estimate of drug-likeness (QED) is 0.393. The molecule has 7 heteroatoms. The molecule has 0 bridgehead atoms. The molecule has 0 heterocycles. The van der Waals surface area contributed by atoms with Gasteiger partial charge >= 0.3 is 13.8 Å². The van der Waals surface area contributed by atoms with Gasteiger partial charge < -0.3 is 4.90 Å². The van der Waals surface area contributed by atoms with E-state index in [0.717, 1.165) is 17.3 Å². The van der Waals surface area contributed by atoms with Gasteiger partial charge in [-0.1, -0.05) is 0 Å². The lowest BCUT2D eigenvalue weighted by Crippen LogP contribution is -2.13. The van der Waals surface area contributed by atoms with Crippen LogP contribution in [0.1, 0.15) is 13.3 Å². The second kappa shape index (κ2) is 6.88. The van der Waals surface area contributed by atoms with Crippen molar-refractivity contribution in [1.29, 1.82) is 0 Å². The van der Waals surface area contributed by atoms with Crippen molar-refractivity contribution in [3.63, 3.8) is 0 Å². The van der Waals surface area contributed by atoms with Crippen molar-refractivity contribution in [1.82, 2.24) is 4.90 Å². The molecule has 6 nitrogen and oxygen atoms in total. The Balaban J connectivity index is 4.20. The zero-order chi connectivity index (χ0) is 11.9. The lowest BCUT2D eigenvalue weighted by molar-refractivity contribution is -0.386. The summed E-state index contributed by atoms with van der Waals surface area (Å²) in [5.74, 6) is 0. The average Bonchev–Trinajstić information content (AvgIpc) is 2.08. The summed E-state index contributed by atoms with van der Waals surface area (Å²) >= 11 is 0. The molecule has 0 aliphatic carbocycles. The first-order valence-electron chi connectivity index (χ1n) is 4.78. The minimum absolute atomic E-state index is 0.196. The van der Waals surface area contributed by atoms with Crippen LogP contribution in [0.15, 0.2) is 4.99 Å². The molecule has 0 aromatic rings. The van der Waals surface area contributed by atoms with Crippen LogP contribution in [0, 0.1) is 0 Å². The predicted octanol–water partition coefficient (Wildman–Crippen LogP) is 0.237. The van der Waals surface area contributed by atoms with E-state index in [1.54, 1.807) is 6.92 Å². The molecule has 0 amide bonds. The van der Waals surface area contributed by atoms with Gasteiger partial charge in [0.1, 0.15) is 13.1 Å². The normalized spacial score (nSPS) is 11.3. The van der Waals surface area contributed by atoms with Crippen molar-refractivity contribution in [3.05, 3.63) is 0 Å². The van der Waals surface area contributed by atoms with Gasteiger partial charge in [-0.3, -0.25) is 9.79 Å². The average molecular weight is 236 g/mol. The van der Waals surface area contributed by atoms with Crippen molar-refractivity contribution in [2.45, 2.75) is 13.3 Å². The van der Waals surface area contributed by atoms with E-state index in [2.05, 4.69) is 11.0 Å². The summed E-state index contributed by atoms with van der Waals surface area (Å²) in [6, 6.07) is 2.36. The van der Waals surface area contributed by atoms with Crippen molar-refractivity contribution < 1.29 is 18.7 Å². The number of aliphatic imine (C=N–C) groups is 1. The highest BCUT2D eigenvalue weighted by Crippen LogP contribution is 2.34. The highest BCUT2D eigenvalue weighted by molar-refractivity contribution is 7.44. The molecule has 0 saturated carbocycles. The Labute approximate surface area is 90.2 Å². The number of hydrogen-bond donors (Lipinski definition) is 2. The van der Waals surface area contributed by atoms with Crippen LogP contribution < -0.4 is 0 Å². The van der Waals surface area contributed by atoms with Gasteiger partial charge in [-0.05, 0) is 26.0 Å². The van der Waals surface area contributed by atoms with Crippen LogP contribution in [0.4, 0.5) is 0 Å². The summed E-state index contributed by atoms with van der Waals surface area (Å²) in [7, 11) is -0.306. The SMILES string of the molecule is CC[N+](=C=NCCCN(C)C)P(=O)(O)O. The maximum absolute atomic E-state index is 10.8. The second-order valence-electron chi connectivity index (χ2n) is 3.37. The van der Waals surface area contributed by atoms with Crippen molar-refractivity contribution in [2.75, 3.05) is 33.7 Å². The van der Waals surface area contributed by atoms with Crippen LogP contribution in [0.25, 0.3) is 0 Å². The fraction of sp³-hybridized carbons (Fsp3) is 0.875. The summed E-state index contributed by atoms with van der Waals surface area (Å²) in [4.78, 5) is 23.5. The third-order valence-electron chi connectivity index (χ3n) is 1.68. The van der Waals surface area contributed by atoms with Gasteiger partial charge in [0.25, 0.3) is 0 Å². The van der Waals surface area contributed by atoms with E-state index in [-0.39, 0.29) is 6.54 Å². The van der Waals surface area contributed by atoms with Crippen LogP contribution in [0.2, 0.25) is 0 Å². The smallest absolute Gasteiger partial charge is 0.309 e. The molecule has 0 unspecified atom stereocenters. The summed E-state index contributed by atoms with van der Waals surface area (Å²) < 4.78 is 11.6. The first kappa shape index (κ1) is 14.5. The Morgan fingerprint density at radius 3 is 2.47 bits per heavy atom. The standard InChI is InChI=1S/C8H18N3O3P/c1-4-11(15(12,13)14)8-9-6-5-7-10(2)3/h4-7H2,1-3H3,(H-,12,13,14)/p+1. The molecule has 0 rings (SSSR count). The van der Waals surface area contributed by atoms with Crippen molar-refractivity contribution in [3.8, 4) is 0 Å². The van der Waals surface area contributed by atoms with E-state index in [1.807, 2.05) is 19.0 Å². The molecule has 0 saturated heterocycles. The number of hydrogen-bond acceptors (Lipinski definition) is 3. The van der Waals surface area contributed by atoms with Gasteiger partial charge in [0.05, 0.1) is 0 Å². The van der Waals surface area contributed by atoms with Gasteiger partial charge in [-0.2, -0.15) is 0 Å². The summed E-state index contributed by atoms with van der Waals surface area (Å²) in [6.45, 7) is 3.25. The monoisotopic (exact) mass is 236 g/mol. The fourth-order valence-corrected chi connectivity index (χ4v) is 1.46. The van der Waals surface area contributed by atoms with E-state index >= 15 is 0 Å².